The summed E-state index contributed by atoms with van der Waals surface area (Å²) < 4.78 is 2.08. The van der Waals surface area contributed by atoms with Gasteiger partial charge in [-0.25, -0.2) is 4.98 Å². The molecule has 0 radical (unpaired) electrons. The summed E-state index contributed by atoms with van der Waals surface area (Å²) in [6.07, 6.45) is 13.2. The van der Waals surface area contributed by atoms with E-state index in [1.54, 1.807) is 0 Å². The third kappa shape index (κ3) is 5.93. The highest BCUT2D eigenvalue weighted by Gasteiger charge is 2.24. The molecule has 1 amide bonds. The van der Waals surface area contributed by atoms with Crippen molar-refractivity contribution >= 4 is 33.5 Å². The molecule has 0 saturated carbocycles. The fraction of sp³-hybridized carbons (Fsp3) is 0.531. The summed E-state index contributed by atoms with van der Waals surface area (Å²) in [6, 6.07) is 10.4. The smallest absolute Gasteiger partial charge is 0.256 e. The topological polar surface area (TPSA) is 90.9 Å². The fourth-order valence-electron chi connectivity index (χ4n) is 6.66. The average Bonchev–Trinajstić information content (AvgIpc) is 3.67. The van der Waals surface area contributed by atoms with Crippen molar-refractivity contribution in [2.45, 2.75) is 77.3 Å². The van der Waals surface area contributed by atoms with Gasteiger partial charge >= 0.3 is 0 Å². The van der Waals surface area contributed by atoms with Crippen molar-refractivity contribution in [2.75, 3.05) is 32.0 Å². The summed E-state index contributed by atoms with van der Waals surface area (Å²) in [6.45, 7) is 6.43. The Morgan fingerprint density at radius 1 is 1.07 bits per heavy atom. The number of amides is 1. The molecule has 3 N–H and O–H groups in total. The van der Waals surface area contributed by atoms with Crippen LogP contribution in [0.2, 0.25) is 0 Å². The quantitative estimate of drug-likeness (QED) is 0.208. The highest BCUT2D eigenvalue weighted by molar-refractivity contribution is 6.06. The molecule has 2 fully saturated rings. The molecule has 0 unspecified atom stereocenters. The summed E-state index contributed by atoms with van der Waals surface area (Å²) in [7, 11) is 2.18. The number of likely N-dealkylation sites (tertiary alicyclic amines) is 1. The number of hydrogen-bond acceptors (Lipinski definition) is 5. The van der Waals surface area contributed by atoms with Crippen molar-refractivity contribution in [3.05, 3.63) is 53.5 Å². The maximum atomic E-state index is 13.2. The highest BCUT2D eigenvalue weighted by atomic mass is 16.1. The van der Waals surface area contributed by atoms with E-state index in [1.807, 2.05) is 37.4 Å². The van der Waals surface area contributed by atoms with Crippen LogP contribution >= 0.6 is 0 Å². The summed E-state index contributed by atoms with van der Waals surface area (Å²) in [4.78, 5) is 23.7. The van der Waals surface area contributed by atoms with Gasteiger partial charge < -0.3 is 15.6 Å². The number of anilines is 1. The molecule has 6 rings (SSSR count). The minimum Gasteiger partial charge on any atom is -0.357 e. The SMILES string of the molecule is Cc1nn(CCCCCCC2CCNCC2)c2cc(C(=O)Nc3cc4[nH]c([C@H]5CCCN5C)cc4cn3)ccc12. The molecule has 2 aliphatic rings. The van der Waals surface area contributed by atoms with Gasteiger partial charge in [0.15, 0.2) is 0 Å². The number of aromatic amines is 1. The van der Waals surface area contributed by atoms with Gasteiger partial charge in [0, 0.05) is 46.9 Å². The van der Waals surface area contributed by atoms with Crippen molar-refractivity contribution in [3.63, 3.8) is 0 Å². The third-order valence-corrected chi connectivity index (χ3v) is 9.04. The molecular weight excluding hydrogens is 498 g/mol. The number of aryl methyl sites for hydroxylation is 2. The first-order valence-electron chi connectivity index (χ1n) is 15.2. The Hall–Kier alpha value is -3.23. The monoisotopic (exact) mass is 541 g/mol. The standard InChI is InChI=1S/C32H43N7O/c1-22-26-11-10-24(19-30(26)39(37-22)17-6-4-3-5-8-23-12-14-33-15-13-23)32(40)36-31-20-27-25(21-34-31)18-28(35-27)29-9-7-16-38(29)2/h10-11,18-21,23,29,33,35H,3-9,12-17H2,1-2H3,(H,34,36,40)/t29-/m1/s1. The van der Waals surface area contributed by atoms with E-state index in [9.17, 15) is 4.79 Å². The van der Waals surface area contributed by atoms with E-state index in [-0.39, 0.29) is 5.91 Å². The number of fused-ring (bicyclic) bond motifs is 2. The number of aromatic nitrogens is 4. The van der Waals surface area contributed by atoms with Crippen LogP contribution in [-0.4, -0.2) is 57.2 Å². The van der Waals surface area contributed by atoms with Gasteiger partial charge in [0.2, 0.25) is 0 Å². The number of pyridine rings is 1. The zero-order valence-electron chi connectivity index (χ0n) is 24.0. The van der Waals surface area contributed by atoms with Crippen LogP contribution in [0.5, 0.6) is 0 Å². The molecule has 40 heavy (non-hydrogen) atoms. The van der Waals surface area contributed by atoms with Crippen LogP contribution in [0.4, 0.5) is 5.82 Å². The Morgan fingerprint density at radius 2 is 1.93 bits per heavy atom. The summed E-state index contributed by atoms with van der Waals surface area (Å²) in [5.74, 6) is 1.32. The van der Waals surface area contributed by atoms with Gasteiger partial charge in [-0.15, -0.1) is 0 Å². The molecule has 0 spiro atoms. The lowest BCUT2D eigenvalue weighted by atomic mass is 9.92. The van der Waals surface area contributed by atoms with Gasteiger partial charge in [-0.3, -0.25) is 14.4 Å². The van der Waals surface area contributed by atoms with Gasteiger partial charge in [0.25, 0.3) is 5.91 Å². The van der Waals surface area contributed by atoms with Crippen molar-refractivity contribution in [1.82, 2.24) is 30.0 Å². The zero-order valence-corrected chi connectivity index (χ0v) is 24.0. The second-order valence-electron chi connectivity index (χ2n) is 11.9. The van der Waals surface area contributed by atoms with Crippen molar-refractivity contribution in [2.24, 2.45) is 5.92 Å². The number of nitrogens with zero attached hydrogens (tertiary/aromatic N) is 4. The number of hydrogen-bond donors (Lipinski definition) is 3. The lowest BCUT2D eigenvalue weighted by Crippen LogP contribution is -2.27. The first-order chi connectivity index (χ1) is 19.5. The number of unbranched alkanes of at least 4 members (excludes halogenated alkanes) is 3. The molecule has 8 nitrogen and oxygen atoms in total. The number of nitrogens with one attached hydrogen (secondary N) is 3. The fourth-order valence-corrected chi connectivity index (χ4v) is 6.66. The molecule has 3 aromatic heterocycles. The maximum Gasteiger partial charge on any atom is 0.256 e. The van der Waals surface area contributed by atoms with E-state index in [1.165, 1.54) is 63.7 Å². The second kappa shape index (κ2) is 12.1. The Kier molecular flexibility index (Phi) is 8.16. The molecule has 1 atom stereocenters. The third-order valence-electron chi connectivity index (χ3n) is 9.04. The first-order valence-corrected chi connectivity index (χ1v) is 15.2. The average molecular weight is 542 g/mol. The van der Waals surface area contributed by atoms with Crippen LogP contribution in [0, 0.1) is 12.8 Å². The number of benzene rings is 1. The van der Waals surface area contributed by atoms with E-state index in [2.05, 4.69) is 43.3 Å². The minimum atomic E-state index is -0.153. The van der Waals surface area contributed by atoms with Crippen LogP contribution in [0.3, 0.4) is 0 Å². The molecule has 212 valence electrons. The van der Waals surface area contributed by atoms with Crippen LogP contribution in [0.15, 0.2) is 36.5 Å². The Morgan fingerprint density at radius 3 is 2.75 bits per heavy atom. The molecule has 0 aliphatic carbocycles. The summed E-state index contributed by atoms with van der Waals surface area (Å²) >= 11 is 0. The van der Waals surface area contributed by atoms with E-state index < -0.39 is 0 Å². The second-order valence-corrected chi connectivity index (χ2v) is 11.9. The van der Waals surface area contributed by atoms with E-state index in [0.29, 0.717) is 17.4 Å². The number of H-pyrrole nitrogens is 1. The normalized spacial score (nSPS) is 18.7. The molecule has 5 heterocycles. The van der Waals surface area contributed by atoms with Gasteiger partial charge in [0.05, 0.1) is 16.7 Å². The predicted molar refractivity (Wildman–Crippen MR) is 162 cm³/mol. The lowest BCUT2D eigenvalue weighted by molar-refractivity contribution is 0.102. The minimum absolute atomic E-state index is 0.153. The van der Waals surface area contributed by atoms with E-state index in [4.69, 9.17) is 5.10 Å². The van der Waals surface area contributed by atoms with E-state index in [0.717, 1.165) is 59.3 Å². The molecule has 2 saturated heterocycles. The summed E-state index contributed by atoms with van der Waals surface area (Å²) in [5, 5.41) is 13.4. The molecule has 0 bridgehead atoms. The number of piperidine rings is 1. The van der Waals surface area contributed by atoms with Crippen LogP contribution in [0.1, 0.15) is 85.6 Å². The molecule has 2 aliphatic heterocycles. The Bertz CT molecular complexity index is 1460. The van der Waals surface area contributed by atoms with E-state index >= 15 is 0 Å². The van der Waals surface area contributed by atoms with Crippen molar-refractivity contribution in [3.8, 4) is 0 Å². The van der Waals surface area contributed by atoms with Gasteiger partial charge in [-0.05, 0) is 89.8 Å². The lowest BCUT2D eigenvalue weighted by Gasteiger charge is -2.22. The molecule has 8 heteroatoms. The molecule has 4 aromatic rings. The Balaban J connectivity index is 1.07. The molecular formula is C32H43N7O. The largest absolute Gasteiger partial charge is 0.357 e. The Labute approximate surface area is 236 Å². The van der Waals surface area contributed by atoms with Crippen LogP contribution in [0.25, 0.3) is 21.8 Å². The van der Waals surface area contributed by atoms with Gasteiger partial charge in [-0.1, -0.05) is 31.7 Å². The number of carbonyl (C=O) groups is 1. The van der Waals surface area contributed by atoms with Gasteiger partial charge in [0.1, 0.15) is 5.82 Å². The van der Waals surface area contributed by atoms with Crippen LogP contribution < -0.4 is 10.6 Å². The first kappa shape index (κ1) is 27.0. The maximum absolute atomic E-state index is 13.2. The highest BCUT2D eigenvalue weighted by Crippen LogP contribution is 2.32. The number of rotatable bonds is 10. The summed E-state index contributed by atoms with van der Waals surface area (Å²) in [5.41, 5.74) is 4.88. The van der Waals surface area contributed by atoms with Crippen molar-refractivity contribution < 1.29 is 4.79 Å². The predicted octanol–water partition coefficient (Wildman–Crippen LogP) is 6.19. The zero-order chi connectivity index (χ0) is 27.5. The van der Waals surface area contributed by atoms with Gasteiger partial charge in [-0.2, -0.15) is 5.10 Å². The number of carbonyl (C=O) groups excluding carboxylic acids is 1. The van der Waals surface area contributed by atoms with Crippen LogP contribution in [-0.2, 0) is 6.54 Å². The van der Waals surface area contributed by atoms with Crippen molar-refractivity contribution in [1.29, 1.82) is 0 Å². The molecule has 1 aromatic carbocycles.